The number of aliphatic hydroxyl groups excluding tert-OH is 1. The number of fused-ring (bicyclic) bond motifs is 1. The molecule has 1 amide bonds. The van der Waals surface area contributed by atoms with Crippen LogP contribution in [0.3, 0.4) is 0 Å². The number of pyridine rings is 2. The van der Waals surface area contributed by atoms with Crippen molar-refractivity contribution in [2.75, 3.05) is 6.61 Å². The van der Waals surface area contributed by atoms with Crippen LogP contribution in [-0.4, -0.2) is 33.6 Å². The fourth-order valence-electron chi connectivity index (χ4n) is 3.41. The van der Waals surface area contributed by atoms with Gasteiger partial charge in [0, 0.05) is 23.4 Å². The van der Waals surface area contributed by atoms with Crippen LogP contribution in [0.4, 0.5) is 0 Å². The Balaban J connectivity index is 1.52. The maximum absolute atomic E-state index is 13.0. The number of aliphatic hydroxyl groups is 1. The van der Waals surface area contributed by atoms with E-state index in [2.05, 4.69) is 21.9 Å². The Morgan fingerprint density at radius 1 is 1.03 bits per heavy atom. The summed E-state index contributed by atoms with van der Waals surface area (Å²) in [5.74, 6) is 0.353. The lowest BCUT2D eigenvalue weighted by Gasteiger charge is -2.15. The van der Waals surface area contributed by atoms with Gasteiger partial charge in [0.1, 0.15) is 12.4 Å². The minimum Gasteiger partial charge on any atom is -0.487 e. The van der Waals surface area contributed by atoms with Crippen molar-refractivity contribution in [3.8, 4) is 5.75 Å². The van der Waals surface area contributed by atoms with Crippen LogP contribution in [-0.2, 0) is 11.4 Å². The Labute approximate surface area is 198 Å². The number of para-hydroxylation sites is 1. The van der Waals surface area contributed by atoms with Gasteiger partial charge in [-0.05, 0) is 53.6 Å². The Morgan fingerprint density at radius 3 is 2.53 bits per heavy atom. The summed E-state index contributed by atoms with van der Waals surface area (Å²) in [6.45, 7) is 3.76. The van der Waals surface area contributed by atoms with Gasteiger partial charge in [-0.1, -0.05) is 42.5 Å². The third kappa shape index (κ3) is 5.74. The van der Waals surface area contributed by atoms with Crippen LogP contribution in [0.2, 0.25) is 0 Å². The SMILES string of the molecule is C=CC(CO)NC(=O)/C(=C/c1ccncc1)c1ccc(OCc2ccc3ccccc3n2)cc1. The van der Waals surface area contributed by atoms with Gasteiger partial charge in [0.05, 0.1) is 23.9 Å². The maximum Gasteiger partial charge on any atom is 0.252 e. The summed E-state index contributed by atoms with van der Waals surface area (Å²) in [5, 5.41) is 13.3. The molecule has 0 aliphatic carbocycles. The molecule has 0 spiro atoms. The Bertz CT molecular complexity index is 1300. The third-order valence-electron chi connectivity index (χ3n) is 5.27. The van der Waals surface area contributed by atoms with Gasteiger partial charge >= 0.3 is 0 Å². The van der Waals surface area contributed by atoms with Crippen molar-refractivity contribution in [3.05, 3.63) is 115 Å². The second-order valence-electron chi connectivity index (χ2n) is 7.65. The molecule has 2 aromatic heterocycles. The Hall–Kier alpha value is -4.29. The molecule has 2 aromatic carbocycles. The summed E-state index contributed by atoms with van der Waals surface area (Å²) in [4.78, 5) is 21.6. The first-order valence-electron chi connectivity index (χ1n) is 10.9. The minimum atomic E-state index is -0.537. The van der Waals surface area contributed by atoms with Gasteiger partial charge in [-0.15, -0.1) is 6.58 Å². The first-order valence-corrected chi connectivity index (χ1v) is 10.9. The zero-order chi connectivity index (χ0) is 23.8. The zero-order valence-electron chi connectivity index (χ0n) is 18.6. The molecular weight excluding hydrogens is 426 g/mol. The highest BCUT2D eigenvalue weighted by molar-refractivity contribution is 6.24. The van der Waals surface area contributed by atoms with Crippen molar-refractivity contribution >= 4 is 28.5 Å². The van der Waals surface area contributed by atoms with Crippen molar-refractivity contribution in [2.45, 2.75) is 12.6 Å². The van der Waals surface area contributed by atoms with Gasteiger partial charge in [-0.2, -0.15) is 0 Å². The summed E-state index contributed by atoms with van der Waals surface area (Å²) in [7, 11) is 0. The van der Waals surface area contributed by atoms with Crippen LogP contribution >= 0.6 is 0 Å². The summed E-state index contributed by atoms with van der Waals surface area (Å²) in [6, 6.07) is 22.3. The molecule has 2 N–H and O–H groups in total. The van der Waals surface area contributed by atoms with Gasteiger partial charge in [-0.25, -0.2) is 4.98 Å². The van der Waals surface area contributed by atoms with Crippen molar-refractivity contribution < 1.29 is 14.6 Å². The number of rotatable bonds is 9. The van der Waals surface area contributed by atoms with Crippen LogP contribution in [0.1, 0.15) is 16.8 Å². The van der Waals surface area contributed by atoms with Crippen LogP contribution < -0.4 is 10.1 Å². The second-order valence-corrected chi connectivity index (χ2v) is 7.65. The molecule has 6 nitrogen and oxygen atoms in total. The molecule has 4 rings (SSSR count). The molecule has 0 bridgehead atoms. The lowest BCUT2D eigenvalue weighted by atomic mass is 10.0. The number of hydrogen-bond donors (Lipinski definition) is 2. The second kappa shape index (κ2) is 11.0. The van der Waals surface area contributed by atoms with E-state index in [0.29, 0.717) is 23.5 Å². The normalized spacial score (nSPS) is 12.2. The number of carbonyl (C=O) groups excluding carboxylic acids is 1. The van der Waals surface area contributed by atoms with Gasteiger partial charge in [0.25, 0.3) is 5.91 Å². The molecule has 0 saturated heterocycles. The predicted molar refractivity (Wildman–Crippen MR) is 134 cm³/mol. The number of nitrogens with one attached hydrogen (secondary N) is 1. The predicted octanol–water partition coefficient (Wildman–Crippen LogP) is 4.41. The highest BCUT2D eigenvalue weighted by Crippen LogP contribution is 2.23. The number of carbonyl (C=O) groups is 1. The molecule has 0 saturated carbocycles. The first kappa shape index (κ1) is 22.9. The number of hydrogen-bond acceptors (Lipinski definition) is 5. The topological polar surface area (TPSA) is 84.3 Å². The minimum absolute atomic E-state index is 0.229. The van der Waals surface area contributed by atoms with E-state index in [1.807, 2.05) is 72.8 Å². The van der Waals surface area contributed by atoms with Crippen molar-refractivity contribution in [3.63, 3.8) is 0 Å². The van der Waals surface area contributed by atoms with E-state index in [1.54, 1.807) is 18.5 Å². The van der Waals surface area contributed by atoms with Crippen LogP contribution in [0.5, 0.6) is 5.75 Å². The van der Waals surface area contributed by atoms with Crippen molar-refractivity contribution in [1.82, 2.24) is 15.3 Å². The highest BCUT2D eigenvalue weighted by Gasteiger charge is 2.15. The Morgan fingerprint density at radius 2 is 1.79 bits per heavy atom. The number of amides is 1. The van der Waals surface area contributed by atoms with E-state index >= 15 is 0 Å². The van der Waals surface area contributed by atoms with E-state index < -0.39 is 6.04 Å². The number of benzene rings is 2. The van der Waals surface area contributed by atoms with Gasteiger partial charge < -0.3 is 15.2 Å². The summed E-state index contributed by atoms with van der Waals surface area (Å²) >= 11 is 0. The van der Waals surface area contributed by atoms with E-state index in [9.17, 15) is 9.90 Å². The zero-order valence-corrected chi connectivity index (χ0v) is 18.6. The lowest BCUT2D eigenvalue weighted by Crippen LogP contribution is -2.36. The van der Waals surface area contributed by atoms with Crippen molar-refractivity contribution in [1.29, 1.82) is 0 Å². The largest absolute Gasteiger partial charge is 0.487 e. The van der Waals surface area contributed by atoms with E-state index in [-0.39, 0.29) is 12.5 Å². The van der Waals surface area contributed by atoms with Gasteiger partial charge in [0.2, 0.25) is 0 Å². The highest BCUT2D eigenvalue weighted by atomic mass is 16.5. The molecule has 1 unspecified atom stereocenters. The average molecular weight is 452 g/mol. The van der Waals surface area contributed by atoms with E-state index in [4.69, 9.17) is 4.74 Å². The van der Waals surface area contributed by atoms with Crippen LogP contribution in [0, 0.1) is 0 Å². The Kier molecular flexibility index (Phi) is 7.42. The molecule has 0 aliphatic rings. The van der Waals surface area contributed by atoms with Crippen LogP contribution in [0.15, 0.2) is 97.8 Å². The fourth-order valence-corrected chi connectivity index (χ4v) is 3.41. The molecule has 0 radical (unpaired) electrons. The maximum atomic E-state index is 13.0. The number of aromatic nitrogens is 2. The fraction of sp³-hybridized carbons (Fsp3) is 0.107. The molecule has 2 heterocycles. The molecule has 34 heavy (non-hydrogen) atoms. The van der Waals surface area contributed by atoms with Gasteiger partial charge in [0.15, 0.2) is 0 Å². The molecule has 0 fully saturated rings. The van der Waals surface area contributed by atoms with Gasteiger partial charge in [-0.3, -0.25) is 9.78 Å². The van der Waals surface area contributed by atoms with E-state index in [0.717, 1.165) is 22.2 Å². The molecule has 6 heteroatoms. The summed E-state index contributed by atoms with van der Waals surface area (Å²) in [6.07, 6.45) is 6.61. The molecule has 0 aliphatic heterocycles. The number of nitrogens with zero attached hydrogens (tertiary/aromatic N) is 2. The molecule has 1 atom stereocenters. The standard InChI is InChI=1S/C28H25N3O3/c1-2-23(18-32)31-28(33)26(17-20-13-15-29-16-14-20)21-8-11-25(12-9-21)34-19-24-10-7-22-5-3-4-6-27(22)30-24/h2-17,23,32H,1,18-19H2,(H,31,33)/b26-17+. The number of ether oxygens (including phenoxy) is 1. The third-order valence-corrected chi connectivity index (χ3v) is 5.27. The first-order chi connectivity index (χ1) is 16.7. The molecule has 4 aromatic rings. The average Bonchev–Trinajstić information content (AvgIpc) is 2.90. The summed E-state index contributed by atoms with van der Waals surface area (Å²) < 4.78 is 5.92. The smallest absolute Gasteiger partial charge is 0.252 e. The van der Waals surface area contributed by atoms with E-state index in [1.165, 1.54) is 6.08 Å². The van der Waals surface area contributed by atoms with Crippen LogP contribution in [0.25, 0.3) is 22.6 Å². The monoisotopic (exact) mass is 451 g/mol. The lowest BCUT2D eigenvalue weighted by molar-refractivity contribution is -0.116. The summed E-state index contributed by atoms with van der Waals surface area (Å²) in [5.41, 5.74) is 3.76. The molecule has 170 valence electrons. The quantitative estimate of drug-likeness (QED) is 0.291. The molecular formula is C28H25N3O3. The van der Waals surface area contributed by atoms with Crippen molar-refractivity contribution in [2.24, 2.45) is 0 Å².